The first-order valence-electron chi connectivity index (χ1n) is 5.74. The molecule has 1 amide bonds. The van der Waals surface area contributed by atoms with Crippen LogP contribution in [-0.2, 0) is 4.79 Å². The molecule has 78 valence electrons. The van der Waals surface area contributed by atoms with Crippen LogP contribution in [0.15, 0.2) is 11.6 Å². The van der Waals surface area contributed by atoms with E-state index in [2.05, 4.69) is 18.3 Å². The minimum atomic E-state index is 0.298. The van der Waals surface area contributed by atoms with Gasteiger partial charge in [0.25, 0.3) is 0 Å². The fraction of sp³-hybridized carbons (Fsp3) is 0.750. The Morgan fingerprint density at radius 2 is 2.21 bits per heavy atom. The summed E-state index contributed by atoms with van der Waals surface area (Å²) in [6, 6.07) is 0.419. The van der Waals surface area contributed by atoms with Gasteiger partial charge in [0.05, 0.1) is 0 Å². The average molecular weight is 193 g/mol. The predicted octanol–water partition coefficient (Wildman–Crippen LogP) is 2.40. The van der Waals surface area contributed by atoms with E-state index in [0.717, 1.165) is 25.7 Å². The van der Waals surface area contributed by atoms with Crippen molar-refractivity contribution in [1.82, 2.24) is 5.32 Å². The Bertz CT molecular complexity index is 253. The molecule has 0 spiro atoms. The van der Waals surface area contributed by atoms with Crippen LogP contribution in [0.25, 0.3) is 0 Å². The molecule has 2 saturated carbocycles. The van der Waals surface area contributed by atoms with Crippen LogP contribution in [0, 0.1) is 5.92 Å². The summed E-state index contributed by atoms with van der Waals surface area (Å²) in [6.07, 6.45) is 9.12. The van der Waals surface area contributed by atoms with Crippen LogP contribution in [0.1, 0.15) is 45.4 Å². The lowest BCUT2D eigenvalue weighted by Crippen LogP contribution is -2.37. The third-order valence-electron chi connectivity index (χ3n) is 3.26. The SMILES string of the molecule is C/C=C1/CCCC(NC(=O)C2CC2)C1. The Labute approximate surface area is 85.8 Å². The fourth-order valence-electron chi connectivity index (χ4n) is 2.15. The second-order valence-corrected chi connectivity index (χ2v) is 4.52. The summed E-state index contributed by atoms with van der Waals surface area (Å²) >= 11 is 0. The van der Waals surface area contributed by atoms with Gasteiger partial charge in [-0.1, -0.05) is 11.6 Å². The third-order valence-corrected chi connectivity index (χ3v) is 3.26. The van der Waals surface area contributed by atoms with Gasteiger partial charge in [-0.3, -0.25) is 4.79 Å². The predicted molar refractivity (Wildman–Crippen MR) is 56.9 cm³/mol. The molecule has 1 N–H and O–H groups in total. The topological polar surface area (TPSA) is 29.1 Å². The number of amides is 1. The summed E-state index contributed by atoms with van der Waals surface area (Å²) < 4.78 is 0. The molecule has 0 bridgehead atoms. The summed E-state index contributed by atoms with van der Waals surface area (Å²) in [5.74, 6) is 0.651. The molecule has 0 aromatic heterocycles. The molecule has 0 saturated heterocycles. The molecule has 0 aromatic rings. The zero-order valence-corrected chi connectivity index (χ0v) is 8.88. The molecule has 0 aromatic carbocycles. The Hall–Kier alpha value is -0.790. The molecule has 2 aliphatic carbocycles. The van der Waals surface area contributed by atoms with Crippen LogP contribution in [0.3, 0.4) is 0 Å². The third kappa shape index (κ3) is 2.37. The van der Waals surface area contributed by atoms with Crippen molar-refractivity contribution < 1.29 is 4.79 Å². The highest BCUT2D eigenvalue weighted by Gasteiger charge is 2.31. The highest BCUT2D eigenvalue weighted by Crippen LogP contribution is 2.30. The summed E-state index contributed by atoms with van der Waals surface area (Å²) in [7, 11) is 0. The zero-order chi connectivity index (χ0) is 9.97. The van der Waals surface area contributed by atoms with Crippen molar-refractivity contribution in [2.75, 3.05) is 0 Å². The monoisotopic (exact) mass is 193 g/mol. The Morgan fingerprint density at radius 1 is 1.43 bits per heavy atom. The van der Waals surface area contributed by atoms with E-state index >= 15 is 0 Å². The number of hydrogen-bond acceptors (Lipinski definition) is 1. The molecule has 14 heavy (non-hydrogen) atoms. The normalized spacial score (nSPS) is 30.4. The van der Waals surface area contributed by atoms with Crippen LogP contribution in [0.4, 0.5) is 0 Å². The van der Waals surface area contributed by atoms with Crippen molar-refractivity contribution >= 4 is 5.91 Å². The number of carbonyl (C=O) groups is 1. The molecule has 2 nitrogen and oxygen atoms in total. The number of hydrogen-bond donors (Lipinski definition) is 1. The summed E-state index contributed by atoms with van der Waals surface area (Å²) in [5, 5.41) is 3.17. The Balaban J connectivity index is 1.82. The number of rotatable bonds is 2. The fourth-order valence-corrected chi connectivity index (χ4v) is 2.15. The first-order chi connectivity index (χ1) is 6.79. The highest BCUT2D eigenvalue weighted by molar-refractivity contribution is 5.81. The van der Waals surface area contributed by atoms with Crippen LogP contribution in [0.5, 0.6) is 0 Å². The summed E-state index contributed by atoms with van der Waals surface area (Å²) in [4.78, 5) is 11.5. The van der Waals surface area contributed by atoms with E-state index in [1.807, 2.05) is 0 Å². The molecule has 2 heteroatoms. The van der Waals surface area contributed by atoms with E-state index in [4.69, 9.17) is 0 Å². The van der Waals surface area contributed by atoms with E-state index in [9.17, 15) is 4.79 Å². The molecule has 2 aliphatic rings. The second-order valence-electron chi connectivity index (χ2n) is 4.52. The van der Waals surface area contributed by atoms with Gasteiger partial charge in [-0.05, 0) is 45.4 Å². The van der Waals surface area contributed by atoms with Gasteiger partial charge in [0.2, 0.25) is 5.91 Å². The van der Waals surface area contributed by atoms with Gasteiger partial charge >= 0.3 is 0 Å². The molecule has 1 unspecified atom stereocenters. The van der Waals surface area contributed by atoms with Crippen molar-refractivity contribution in [3.05, 3.63) is 11.6 Å². The van der Waals surface area contributed by atoms with Crippen LogP contribution >= 0.6 is 0 Å². The lowest BCUT2D eigenvalue weighted by atomic mass is 9.90. The van der Waals surface area contributed by atoms with E-state index < -0.39 is 0 Å². The van der Waals surface area contributed by atoms with Crippen molar-refractivity contribution in [2.45, 2.75) is 51.5 Å². The first kappa shape index (κ1) is 9.75. The van der Waals surface area contributed by atoms with E-state index in [1.165, 1.54) is 18.4 Å². The van der Waals surface area contributed by atoms with Crippen LogP contribution < -0.4 is 5.32 Å². The zero-order valence-electron chi connectivity index (χ0n) is 8.88. The molecular weight excluding hydrogens is 174 g/mol. The molecule has 0 radical (unpaired) electrons. The largest absolute Gasteiger partial charge is 0.353 e. The molecule has 0 heterocycles. The van der Waals surface area contributed by atoms with Crippen molar-refractivity contribution in [2.24, 2.45) is 5.92 Å². The van der Waals surface area contributed by atoms with Crippen LogP contribution in [-0.4, -0.2) is 11.9 Å². The lowest BCUT2D eigenvalue weighted by molar-refractivity contribution is -0.123. The van der Waals surface area contributed by atoms with Crippen LogP contribution in [0.2, 0.25) is 0 Å². The maximum absolute atomic E-state index is 11.5. The van der Waals surface area contributed by atoms with Gasteiger partial charge < -0.3 is 5.32 Å². The van der Waals surface area contributed by atoms with E-state index in [1.54, 1.807) is 0 Å². The highest BCUT2D eigenvalue weighted by atomic mass is 16.2. The lowest BCUT2D eigenvalue weighted by Gasteiger charge is -2.25. The molecule has 2 fully saturated rings. The maximum Gasteiger partial charge on any atom is 0.223 e. The Morgan fingerprint density at radius 3 is 2.86 bits per heavy atom. The van der Waals surface area contributed by atoms with E-state index in [-0.39, 0.29) is 0 Å². The summed E-state index contributed by atoms with van der Waals surface area (Å²) in [5.41, 5.74) is 1.51. The molecule has 0 aliphatic heterocycles. The minimum Gasteiger partial charge on any atom is -0.353 e. The van der Waals surface area contributed by atoms with Gasteiger partial charge in [0.1, 0.15) is 0 Å². The quantitative estimate of drug-likeness (QED) is 0.670. The molecule has 1 atom stereocenters. The van der Waals surface area contributed by atoms with Gasteiger partial charge in [0, 0.05) is 12.0 Å². The molecular formula is C12H19NO. The van der Waals surface area contributed by atoms with Crippen molar-refractivity contribution in [3.63, 3.8) is 0 Å². The summed E-state index contributed by atoms with van der Waals surface area (Å²) in [6.45, 7) is 2.10. The number of carbonyl (C=O) groups excluding carboxylic acids is 1. The van der Waals surface area contributed by atoms with Gasteiger partial charge in [-0.2, -0.15) is 0 Å². The smallest absolute Gasteiger partial charge is 0.223 e. The standard InChI is InChI=1S/C12H19NO/c1-2-9-4-3-5-11(8-9)13-12(14)10-6-7-10/h2,10-11H,3-8H2,1H3,(H,13,14)/b9-2-. The first-order valence-corrected chi connectivity index (χ1v) is 5.74. The van der Waals surface area contributed by atoms with Gasteiger partial charge in [-0.25, -0.2) is 0 Å². The number of nitrogens with one attached hydrogen (secondary N) is 1. The Kier molecular flexibility index (Phi) is 2.90. The van der Waals surface area contributed by atoms with E-state index in [0.29, 0.717) is 17.9 Å². The minimum absolute atomic E-state index is 0.298. The van der Waals surface area contributed by atoms with Gasteiger partial charge in [0.15, 0.2) is 0 Å². The maximum atomic E-state index is 11.5. The van der Waals surface area contributed by atoms with Crippen molar-refractivity contribution in [3.8, 4) is 0 Å². The molecule has 2 rings (SSSR count). The average Bonchev–Trinajstić information content (AvgIpc) is 3.01. The number of allylic oxidation sites excluding steroid dienone is 1. The van der Waals surface area contributed by atoms with Gasteiger partial charge in [-0.15, -0.1) is 0 Å². The second kappa shape index (κ2) is 4.16. The van der Waals surface area contributed by atoms with Crippen molar-refractivity contribution in [1.29, 1.82) is 0 Å².